The Kier molecular flexibility index (Phi) is 3.31. The van der Waals surface area contributed by atoms with Crippen LogP contribution in [0.15, 0.2) is 30.5 Å². The molecule has 0 atom stereocenters. The highest BCUT2D eigenvalue weighted by Gasteiger charge is 2.13. The Morgan fingerprint density at radius 3 is 2.67 bits per heavy atom. The lowest BCUT2D eigenvalue weighted by molar-refractivity contribution is -0.114. The zero-order valence-corrected chi connectivity index (χ0v) is 10.3. The van der Waals surface area contributed by atoms with Crippen molar-refractivity contribution in [2.75, 3.05) is 5.32 Å². The molecule has 0 aliphatic heterocycles. The van der Waals surface area contributed by atoms with Gasteiger partial charge in [0, 0.05) is 11.9 Å². The van der Waals surface area contributed by atoms with Gasteiger partial charge in [0.15, 0.2) is 5.82 Å². The van der Waals surface area contributed by atoms with Gasteiger partial charge in [0.05, 0.1) is 11.9 Å². The standard InChI is InChI=1S/C12H9ClN4O/c1-8(18)16-12-9(6-14)7-15-17(12)11-4-2-10(13)3-5-11/h2-5,7H,1H3,(H,16,18). The third-order valence-electron chi connectivity index (χ3n) is 2.26. The number of halogens is 1. The molecule has 1 heterocycles. The molecule has 6 heteroatoms. The number of hydrogen-bond acceptors (Lipinski definition) is 3. The molecule has 0 saturated carbocycles. The van der Waals surface area contributed by atoms with Crippen molar-refractivity contribution < 1.29 is 4.79 Å². The number of carbonyl (C=O) groups excluding carboxylic acids is 1. The van der Waals surface area contributed by atoms with Crippen molar-refractivity contribution in [1.29, 1.82) is 5.26 Å². The van der Waals surface area contributed by atoms with Crippen molar-refractivity contribution >= 4 is 23.3 Å². The van der Waals surface area contributed by atoms with E-state index >= 15 is 0 Å². The molecule has 1 amide bonds. The highest BCUT2D eigenvalue weighted by Crippen LogP contribution is 2.20. The lowest BCUT2D eigenvalue weighted by Gasteiger charge is -2.07. The van der Waals surface area contributed by atoms with Crippen LogP contribution in [0.2, 0.25) is 5.02 Å². The molecule has 90 valence electrons. The fraction of sp³-hybridized carbons (Fsp3) is 0.0833. The molecule has 1 aromatic heterocycles. The van der Waals surface area contributed by atoms with E-state index in [1.807, 2.05) is 6.07 Å². The zero-order valence-electron chi connectivity index (χ0n) is 9.51. The summed E-state index contributed by atoms with van der Waals surface area (Å²) in [5.74, 6) is 0.0922. The lowest BCUT2D eigenvalue weighted by Crippen LogP contribution is -2.12. The Morgan fingerprint density at radius 2 is 2.11 bits per heavy atom. The maximum atomic E-state index is 11.1. The molecule has 0 aliphatic carbocycles. The van der Waals surface area contributed by atoms with Gasteiger partial charge in [-0.15, -0.1) is 0 Å². The number of carbonyl (C=O) groups is 1. The summed E-state index contributed by atoms with van der Waals surface area (Å²) in [7, 11) is 0. The van der Waals surface area contributed by atoms with Crippen molar-refractivity contribution in [2.45, 2.75) is 6.92 Å². The molecule has 0 aliphatic rings. The van der Waals surface area contributed by atoms with E-state index in [2.05, 4.69) is 10.4 Å². The van der Waals surface area contributed by atoms with Crippen LogP contribution >= 0.6 is 11.6 Å². The second-order valence-electron chi connectivity index (χ2n) is 3.59. The van der Waals surface area contributed by atoms with Gasteiger partial charge in [-0.2, -0.15) is 10.4 Å². The van der Waals surface area contributed by atoms with Crippen LogP contribution in [0.3, 0.4) is 0 Å². The molecular weight excluding hydrogens is 252 g/mol. The van der Waals surface area contributed by atoms with Crippen molar-refractivity contribution in [3.05, 3.63) is 41.0 Å². The number of hydrogen-bond donors (Lipinski definition) is 1. The number of anilines is 1. The molecule has 1 N–H and O–H groups in total. The molecule has 2 aromatic rings. The predicted octanol–water partition coefficient (Wildman–Crippen LogP) is 2.36. The van der Waals surface area contributed by atoms with Gasteiger partial charge in [-0.05, 0) is 24.3 Å². The van der Waals surface area contributed by atoms with Crippen LogP contribution in [0.25, 0.3) is 5.69 Å². The Labute approximate surface area is 109 Å². The van der Waals surface area contributed by atoms with E-state index in [0.29, 0.717) is 22.1 Å². The molecule has 2 rings (SSSR count). The summed E-state index contributed by atoms with van der Waals surface area (Å²) in [5, 5.41) is 16.2. The number of rotatable bonds is 2. The van der Waals surface area contributed by atoms with Crippen LogP contribution in [0.5, 0.6) is 0 Å². The Bertz CT molecular complexity index is 625. The molecule has 5 nitrogen and oxygen atoms in total. The Morgan fingerprint density at radius 1 is 1.44 bits per heavy atom. The first-order valence-corrected chi connectivity index (χ1v) is 5.51. The Hall–Kier alpha value is -2.32. The van der Waals surface area contributed by atoms with Gasteiger partial charge < -0.3 is 5.32 Å². The zero-order chi connectivity index (χ0) is 13.1. The first kappa shape index (κ1) is 12.1. The van der Waals surface area contributed by atoms with Crippen LogP contribution in [-0.4, -0.2) is 15.7 Å². The largest absolute Gasteiger partial charge is 0.310 e. The summed E-state index contributed by atoms with van der Waals surface area (Å²) in [5.41, 5.74) is 1.02. The van der Waals surface area contributed by atoms with Gasteiger partial charge in [0.1, 0.15) is 11.6 Å². The van der Waals surface area contributed by atoms with E-state index in [9.17, 15) is 4.79 Å². The fourth-order valence-electron chi connectivity index (χ4n) is 1.50. The first-order chi connectivity index (χ1) is 8.61. The number of nitrogens with zero attached hydrogens (tertiary/aromatic N) is 3. The molecule has 0 bridgehead atoms. The maximum absolute atomic E-state index is 11.1. The highest BCUT2D eigenvalue weighted by molar-refractivity contribution is 6.30. The number of aromatic nitrogens is 2. The molecular formula is C12H9ClN4O. The fourth-order valence-corrected chi connectivity index (χ4v) is 1.62. The minimum atomic E-state index is -0.262. The quantitative estimate of drug-likeness (QED) is 0.901. The molecule has 0 radical (unpaired) electrons. The van der Waals surface area contributed by atoms with Gasteiger partial charge in [-0.3, -0.25) is 4.79 Å². The number of amides is 1. The third-order valence-corrected chi connectivity index (χ3v) is 2.51. The first-order valence-electron chi connectivity index (χ1n) is 5.13. The second kappa shape index (κ2) is 4.90. The minimum absolute atomic E-state index is 0.262. The molecule has 1 aromatic carbocycles. The van der Waals surface area contributed by atoms with Crippen molar-refractivity contribution in [2.24, 2.45) is 0 Å². The van der Waals surface area contributed by atoms with Gasteiger partial charge in [0.25, 0.3) is 0 Å². The number of benzene rings is 1. The summed E-state index contributed by atoms with van der Waals surface area (Å²) < 4.78 is 1.48. The third kappa shape index (κ3) is 2.34. The van der Waals surface area contributed by atoms with Crippen molar-refractivity contribution in [3.8, 4) is 11.8 Å². The SMILES string of the molecule is CC(=O)Nc1c(C#N)cnn1-c1ccc(Cl)cc1. The van der Waals surface area contributed by atoms with E-state index in [1.165, 1.54) is 17.8 Å². The lowest BCUT2D eigenvalue weighted by atomic mass is 10.3. The van der Waals surface area contributed by atoms with E-state index in [1.54, 1.807) is 24.3 Å². The van der Waals surface area contributed by atoms with Gasteiger partial charge >= 0.3 is 0 Å². The average Bonchev–Trinajstić information content (AvgIpc) is 2.72. The summed E-state index contributed by atoms with van der Waals surface area (Å²) in [6, 6.07) is 8.90. The molecule has 0 saturated heterocycles. The highest BCUT2D eigenvalue weighted by atomic mass is 35.5. The summed E-state index contributed by atoms with van der Waals surface area (Å²) in [6.07, 6.45) is 1.40. The molecule has 0 unspecified atom stereocenters. The molecule has 0 fully saturated rings. The van der Waals surface area contributed by atoms with Crippen molar-refractivity contribution in [1.82, 2.24) is 9.78 Å². The maximum Gasteiger partial charge on any atom is 0.222 e. The van der Waals surface area contributed by atoms with Crippen LogP contribution in [0.1, 0.15) is 12.5 Å². The van der Waals surface area contributed by atoms with E-state index in [-0.39, 0.29) is 5.91 Å². The normalized spacial score (nSPS) is 9.83. The second-order valence-corrected chi connectivity index (χ2v) is 4.02. The Balaban J connectivity index is 2.51. The number of nitriles is 1. The van der Waals surface area contributed by atoms with Crippen LogP contribution < -0.4 is 5.32 Å². The van der Waals surface area contributed by atoms with Gasteiger partial charge in [-0.1, -0.05) is 11.6 Å². The predicted molar refractivity (Wildman–Crippen MR) is 67.6 cm³/mol. The summed E-state index contributed by atoms with van der Waals surface area (Å²) in [4.78, 5) is 11.1. The van der Waals surface area contributed by atoms with E-state index < -0.39 is 0 Å². The van der Waals surface area contributed by atoms with Crippen LogP contribution in [0.4, 0.5) is 5.82 Å². The smallest absolute Gasteiger partial charge is 0.222 e. The molecule has 0 spiro atoms. The van der Waals surface area contributed by atoms with Crippen LogP contribution in [-0.2, 0) is 4.79 Å². The summed E-state index contributed by atoms with van der Waals surface area (Å²) in [6.45, 7) is 1.38. The van der Waals surface area contributed by atoms with Gasteiger partial charge in [-0.25, -0.2) is 4.68 Å². The van der Waals surface area contributed by atoms with Gasteiger partial charge in [0.2, 0.25) is 5.91 Å². The number of nitrogens with one attached hydrogen (secondary N) is 1. The van der Waals surface area contributed by atoms with Crippen LogP contribution in [0, 0.1) is 11.3 Å². The topological polar surface area (TPSA) is 70.7 Å². The monoisotopic (exact) mass is 260 g/mol. The van der Waals surface area contributed by atoms with E-state index in [0.717, 1.165) is 0 Å². The van der Waals surface area contributed by atoms with E-state index in [4.69, 9.17) is 16.9 Å². The summed E-state index contributed by atoms with van der Waals surface area (Å²) >= 11 is 5.80. The average molecular weight is 261 g/mol. The minimum Gasteiger partial charge on any atom is -0.310 e. The molecule has 18 heavy (non-hydrogen) atoms. The van der Waals surface area contributed by atoms with Crippen molar-refractivity contribution in [3.63, 3.8) is 0 Å².